The summed E-state index contributed by atoms with van der Waals surface area (Å²) < 4.78 is 10.7. The predicted molar refractivity (Wildman–Crippen MR) is 108 cm³/mol. The van der Waals surface area contributed by atoms with Crippen LogP contribution in [0.2, 0.25) is 0 Å². The van der Waals surface area contributed by atoms with E-state index in [1.165, 1.54) is 10.4 Å². The van der Waals surface area contributed by atoms with Crippen molar-refractivity contribution in [2.75, 3.05) is 6.79 Å². The molecule has 144 valence electrons. The van der Waals surface area contributed by atoms with Gasteiger partial charge in [0.1, 0.15) is 6.04 Å². The number of hydrogen-bond acceptors (Lipinski definition) is 4. The second-order valence-electron chi connectivity index (χ2n) is 6.79. The van der Waals surface area contributed by atoms with Gasteiger partial charge in [0.05, 0.1) is 4.88 Å². The predicted octanol–water partition coefficient (Wildman–Crippen LogP) is 2.83. The fourth-order valence-electron chi connectivity index (χ4n) is 3.28. The van der Waals surface area contributed by atoms with Gasteiger partial charge in [-0.25, -0.2) is 0 Å². The van der Waals surface area contributed by atoms with Crippen LogP contribution in [-0.4, -0.2) is 18.7 Å². The Morgan fingerprint density at radius 3 is 2.71 bits per heavy atom. The van der Waals surface area contributed by atoms with Gasteiger partial charge < -0.3 is 20.1 Å². The number of benzene rings is 2. The lowest BCUT2D eigenvalue weighted by atomic mass is 10.0. The normalized spacial score (nSPS) is 14.5. The first-order valence-electron chi connectivity index (χ1n) is 9.30. The van der Waals surface area contributed by atoms with Gasteiger partial charge in [-0.3, -0.25) is 4.79 Å². The Morgan fingerprint density at radius 1 is 1.11 bits per heavy atom. The van der Waals surface area contributed by atoms with Crippen LogP contribution in [0.5, 0.6) is 11.5 Å². The molecule has 2 aromatic carbocycles. The summed E-state index contributed by atoms with van der Waals surface area (Å²) >= 11 is 1.71. The van der Waals surface area contributed by atoms with Crippen molar-refractivity contribution in [3.05, 3.63) is 82.0 Å². The SMILES string of the molecule is C[C@H]([NH2+][C@H](c1ccccc1)c1cccs1)C(=O)NCc1ccc2c(c1)OCO2. The van der Waals surface area contributed by atoms with Gasteiger partial charge in [0.2, 0.25) is 6.79 Å². The van der Waals surface area contributed by atoms with Gasteiger partial charge in [0, 0.05) is 12.1 Å². The molecule has 1 aliphatic rings. The fraction of sp³-hybridized carbons (Fsp3) is 0.227. The van der Waals surface area contributed by atoms with E-state index < -0.39 is 0 Å². The van der Waals surface area contributed by atoms with Crippen molar-refractivity contribution < 1.29 is 19.6 Å². The Labute approximate surface area is 168 Å². The number of nitrogens with one attached hydrogen (secondary N) is 1. The summed E-state index contributed by atoms with van der Waals surface area (Å²) in [6.07, 6.45) is 0. The summed E-state index contributed by atoms with van der Waals surface area (Å²) in [5.41, 5.74) is 2.18. The third kappa shape index (κ3) is 4.18. The van der Waals surface area contributed by atoms with Crippen molar-refractivity contribution in [1.82, 2.24) is 5.32 Å². The van der Waals surface area contributed by atoms with Crippen molar-refractivity contribution in [2.45, 2.75) is 25.6 Å². The van der Waals surface area contributed by atoms with E-state index in [0.717, 1.165) is 17.1 Å². The first-order chi connectivity index (χ1) is 13.7. The van der Waals surface area contributed by atoms with Crippen molar-refractivity contribution in [3.8, 4) is 11.5 Å². The maximum atomic E-state index is 12.7. The second kappa shape index (κ2) is 8.46. The molecular weight excluding hydrogens is 372 g/mol. The number of carbonyl (C=O) groups is 1. The van der Waals surface area contributed by atoms with Crippen molar-refractivity contribution in [1.29, 1.82) is 0 Å². The van der Waals surface area contributed by atoms with Gasteiger partial charge in [0.15, 0.2) is 17.5 Å². The molecule has 2 heterocycles. The third-order valence-corrected chi connectivity index (χ3v) is 5.76. The van der Waals surface area contributed by atoms with E-state index in [2.05, 4.69) is 34.2 Å². The van der Waals surface area contributed by atoms with Gasteiger partial charge in [-0.2, -0.15) is 0 Å². The highest BCUT2D eigenvalue weighted by molar-refractivity contribution is 7.10. The third-order valence-electron chi connectivity index (χ3n) is 4.81. The number of quaternary nitrogens is 1. The van der Waals surface area contributed by atoms with Crippen LogP contribution in [-0.2, 0) is 11.3 Å². The Bertz CT molecular complexity index is 928. The zero-order valence-electron chi connectivity index (χ0n) is 15.6. The quantitative estimate of drug-likeness (QED) is 0.647. The summed E-state index contributed by atoms with van der Waals surface area (Å²) in [4.78, 5) is 13.9. The molecule has 0 saturated heterocycles. The number of ether oxygens (including phenoxy) is 2. The van der Waals surface area contributed by atoms with E-state index in [0.29, 0.717) is 6.54 Å². The van der Waals surface area contributed by atoms with Crippen molar-refractivity contribution in [3.63, 3.8) is 0 Å². The lowest BCUT2D eigenvalue weighted by molar-refractivity contribution is -0.704. The van der Waals surface area contributed by atoms with Crippen LogP contribution in [0.1, 0.15) is 29.0 Å². The molecule has 0 unspecified atom stereocenters. The van der Waals surface area contributed by atoms with E-state index in [1.807, 2.05) is 49.4 Å². The molecule has 0 spiro atoms. The average molecular weight is 396 g/mol. The van der Waals surface area contributed by atoms with Crippen LogP contribution in [0, 0.1) is 0 Å². The molecule has 1 amide bonds. The minimum atomic E-state index is -0.221. The van der Waals surface area contributed by atoms with E-state index in [4.69, 9.17) is 9.47 Å². The Hall–Kier alpha value is -2.83. The molecule has 3 aromatic rings. The van der Waals surface area contributed by atoms with Gasteiger partial charge in [-0.1, -0.05) is 42.5 Å². The molecule has 0 saturated carbocycles. The molecule has 2 atom stereocenters. The molecule has 5 nitrogen and oxygen atoms in total. The zero-order chi connectivity index (χ0) is 19.3. The zero-order valence-corrected chi connectivity index (χ0v) is 16.4. The maximum Gasteiger partial charge on any atom is 0.278 e. The molecule has 6 heteroatoms. The molecule has 0 aliphatic carbocycles. The second-order valence-corrected chi connectivity index (χ2v) is 7.77. The van der Waals surface area contributed by atoms with Gasteiger partial charge in [-0.15, -0.1) is 11.3 Å². The van der Waals surface area contributed by atoms with E-state index in [-0.39, 0.29) is 24.8 Å². The standard InChI is InChI=1S/C22H22N2O3S/c1-15(22(25)23-13-16-9-10-18-19(12-16)27-14-26-18)24-21(20-8-5-11-28-20)17-6-3-2-4-7-17/h2-12,15,21,24H,13-14H2,1H3,(H,23,25)/p+1/t15-,21+/m0/s1. The van der Waals surface area contributed by atoms with Crippen LogP contribution in [0.25, 0.3) is 0 Å². The topological polar surface area (TPSA) is 64.2 Å². The summed E-state index contributed by atoms with van der Waals surface area (Å²) in [6.45, 7) is 2.65. The first-order valence-corrected chi connectivity index (χ1v) is 10.2. The Morgan fingerprint density at radius 2 is 1.93 bits per heavy atom. The molecule has 1 aromatic heterocycles. The summed E-state index contributed by atoms with van der Waals surface area (Å²) in [7, 11) is 0. The van der Waals surface area contributed by atoms with Crippen LogP contribution in [0.3, 0.4) is 0 Å². The summed E-state index contributed by atoms with van der Waals surface area (Å²) in [5, 5.41) is 7.22. The van der Waals surface area contributed by atoms with Crippen LogP contribution < -0.4 is 20.1 Å². The highest BCUT2D eigenvalue weighted by Gasteiger charge is 2.25. The summed E-state index contributed by atoms with van der Waals surface area (Å²) in [6, 6.07) is 20.1. The Balaban J connectivity index is 1.40. The molecule has 28 heavy (non-hydrogen) atoms. The molecule has 3 N–H and O–H groups in total. The Kier molecular flexibility index (Phi) is 5.60. The van der Waals surface area contributed by atoms with Gasteiger partial charge in [-0.05, 0) is 36.1 Å². The van der Waals surface area contributed by atoms with Gasteiger partial charge >= 0.3 is 0 Å². The highest BCUT2D eigenvalue weighted by atomic mass is 32.1. The highest BCUT2D eigenvalue weighted by Crippen LogP contribution is 2.32. The molecule has 0 fully saturated rings. The monoisotopic (exact) mass is 395 g/mol. The number of rotatable bonds is 7. The molecule has 0 bridgehead atoms. The van der Waals surface area contributed by atoms with Crippen LogP contribution in [0.4, 0.5) is 0 Å². The number of fused-ring (bicyclic) bond motifs is 1. The minimum absolute atomic E-state index is 0.00940. The van der Waals surface area contributed by atoms with Crippen molar-refractivity contribution in [2.24, 2.45) is 0 Å². The molecule has 4 rings (SSSR count). The van der Waals surface area contributed by atoms with Crippen LogP contribution >= 0.6 is 11.3 Å². The van der Waals surface area contributed by atoms with Crippen LogP contribution in [0.15, 0.2) is 66.0 Å². The van der Waals surface area contributed by atoms with E-state index in [1.54, 1.807) is 11.3 Å². The number of carbonyl (C=O) groups excluding carboxylic acids is 1. The largest absolute Gasteiger partial charge is 0.454 e. The van der Waals surface area contributed by atoms with Gasteiger partial charge in [0.25, 0.3) is 5.91 Å². The molecule has 1 aliphatic heterocycles. The van der Waals surface area contributed by atoms with E-state index in [9.17, 15) is 4.79 Å². The first kappa shape index (κ1) is 18.5. The van der Waals surface area contributed by atoms with Crippen molar-refractivity contribution >= 4 is 17.2 Å². The lowest BCUT2D eigenvalue weighted by Gasteiger charge is -2.19. The number of nitrogens with two attached hydrogens (primary N) is 1. The van der Waals surface area contributed by atoms with E-state index >= 15 is 0 Å². The number of hydrogen-bond donors (Lipinski definition) is 2. The maximum absolute atomic E-state index is 12.7. The minimum Gasteiger partial charge on any atom is -0.454 e. The average Bonchev–Trinajstić information content (AvgIpc) is 3.42. The fourth-order valence-corrected chi connectivity index (χ4v) is 4.11. The number of amides is 1. The molecule has 0 radical (unpaired) electrons. The lowest BCUT2D eigenvalue weighted by Crippen LogP contribution is -2.92. The number of thiophene rings is 1. The summed E-state index contributed by atoms with van der Waals surface area (Å²) in [5.74, 6) is 1.49. The molecular formula is C22H23N2O3S+. The smallest absolute Gasteiger partial charge is 0.278 e.